The Morgan fingerprint density at radius 1 is 0.926 bits per heavy atom. The molecule has 142 valence electrons. The fraction of sp³-hybridized carbons (Fsp3) is 0.286. The van der Waals surface area contributed by atoms with Crippen LogP contribution in [0.25, 0.3) is 0 Å². The topological polar surface area (TPSA) is 84.5 Å². The van der Waals surface area contributed by atoms with Gasteiger partial charge in [0.05, 0.1) is 12.2 Å². The molecule has 6 heteroatoms. The first-order valence-electron chi connectivity index (χ1n) is 8.94. The van der Waals surface area contributed by atoms with Crippen LogP contribution >= 0.6 is 0 Å². The number of anilines is 2. The van der Waals surface area contributed by atoms with Gasteiger partial charge in [-0.15, -0.1) is 0 Å². The third-order valence-electron chi connectivity index (χ3n) is 4.21. The molecule has 0 spiro atoms. The van der Waals surface area contributed by atoms with Gasteiger partial charge in [0.1, 0.15) is 0 Å². The summed E-state index contributed by atoms with van der Waals surface area (Å²) in [6.07, 6.45) is 0.923. The molecule has 2 aromatic carbocycles. The van der Waals surface area contributed by atoms with Crippen LogP contribution < -0.4 is 10.6 Å². The molecule has 0 heterocycles. The second-order valence-electron chi connectivity index (χ2n) is 6.10. The lowest BCUT2D eigenvalue weighted by atomic mass is 9.97. The third kappa shape index (κ3) is 5.41. The van der Waals surface area contributed by atoms with E-state index < -0.39 is 17.8 Å². The monoisotopic (exact) mass is 368 g/mol. The highest BCUT2D eigenvalue weighted by Gasteiger charge is 2.17. The molecule has 0 aliphatic carbocycles. The van der Waals surface area contributed by atoms with E-state index in [1.807, 2.05) is 18.2 Å². The van der Waals surface area contributed by atoms with E-state index in [0.29, 0.717) is 16.9 Å². The summed E-state index contributed by atoms with van der Waals surface area (Å²) in [5, 5.41) is 5.19. The average Bonchev–Trinajstić information content (AvgIpc) is 2.68. The van der Waals surface area contributed by atoms with Crippen LogP contribution in [-0.2, 0) is 14.3 Å². The van der Waals surface area contributed by atoms with E-state index in [2.05, 4.69) is 24.5 Å². The fourth-order valence-electron chi connectivity index (χ4n) is 2.53. The summed E-state index contributed by atoms with van der Waals surface area (Å²) in [5.41, 5.74) is 2.41. The molecule has 0 saturated heterocycles. The lowest BCUT2D eigenvalue weighted by Gasteiger charge is -2.15. The number of para-hydroxylation sites is 1. The molecular weight excluding hydrogens is 344 g/mol. The van der Waals surface area contributed by atoms with Gasteiger partial charge in [0.25, 0.3) is 0 Å². The van der Waals surface area contributed by atoms with E-state index in [1.54, 1.807) is 25.1 Å². The van der Waals surface area contributed by atoms with Crippen LogP contribution in [-0.4, -0.2) is 24.4 Å². The van der Waals surface area contributed by atoms with Gasteiger partial charge in [-0.05, 0) is 55.2 Å². The van der Waals surface area contributed by atoms with Gasteiger partial charge in [0.2, 0.25) is 0 Å². The summed E-state index contributed by atoms with van der Waals surface area (Å²) in [4.78, 5) is 36.0. The predicted molar refractivity (Wildman–Crippen MR) is 105 cm³/mol. The molecule has 2 N–H and O–H groups in total. The Bertz CT molecular complexity index is 815. The summed E-state index contributed by atoms with van der Waals surface area (Å²) in [7, 11) is 0. The number of ether oxygens (including phenoxy) is 1. The number of hydrogen-bond donors (Lipinski definition) is 2. The van der Waals surface area contributed by atoms with E-state index in [9.17, 15) is 14.4 Å². The van der Waals surface area contributed by atoms with E-state index in [0.717, 1.165) is 12.0 Å². The second kappa shape index (κ2) is 9.52. The number of amides is 2. The SMILES string of the molecule is CCOC(=O)c1ccc(NC(=O)C(=O)Nc2ccccc2C(C)CC)cc1. The zero-order valence-corrected chi connectivity index (χ0v) is 15.7. The van der Waals surface area contributed by atoms with Crippen LogP contribution in [0, 0.1) is 0 Å². The molecule has 1 atom stereocenters. The van der Waals surface area contributed by atoms with Crippen LogP contribution in [0.2, 0.25) is 0 Å². The van der Waals surface area contributed by atoms with Crippen molar-refractivity contribution in [3.63, 3.8) is 0 Å². The van der Waals surface area contributed by atoms with Gasteiger partial charge >= 0.3 is 17.8 Å². The highest BCUT2D eigenvalue weighted by Crippen LogP contribution is 2.26. The van der Waals surface area contributed by atoms with Crippen molar-refractivity contribution in [1.29, 1.82) is 0 Å². The minimum Gasteiger partial charge on any atom is -0.462 e. The molecule has 1 unspecified atom stereocenters. The average molecular weight is 368 g/mol. The molecule has 0 saturated carbocycles. The number of esters is 1. The van der Waals surface area contributed by atoms with Crippen molar-refractivity contribution in [2.75, 3.05) is 17.2 Å². The van der Waals surface area contributed by atoms with E-state index in [-0.39, 0.29) is 12.5 Å². The number of benzene rings is 2. The summed E-state index contributed by atoms with van der Waals surface area (Å²) < 4.78 is 4.90. The van der Waals surface area contributed by atoms with Crippen LogP contribution in [0.5, 0.6) is 0 Å². The summed E-state index contributed by atoms with van der Waals surface area (Å²) in [5.74, 6) is -1.70. The number of rotatable bonds is 6. The Morgan fingerprint density at radius 2 is 1.56 bits per heavy atom. The molecule has 2 amide bonds. The smallest absolute Gasteiger partial charge is 0.338 e. The van der Waals surface area contributed by atoms with E-state index in [4.69, 9.17) is 4.74 Å². The lowest BCUT2D eigenvalue weighted by Crippen LogP contribution is -2.29. The van der Waals surface area contributed by atoms with E-state index in [1.165, 1.54) is 12.1 Å². The van der Waals surface area contributed by atoms with Crippen molar-refractivity contribution in [1.82, 2.24) is 0 Å². The van der Waals surface area contributed by atoms with Gasteiger partial charge in [-0.25, -0.2) is 4.79 Å². The maximum atomic E-state index is 12.2. The zero-order valence-electron chi connectivity index (χ0n) is 15.7. The maximum Gasteiger partial charge on any atom is 0.338 e. The highest BCUT2D eigenvalue weighted by molar-refractivity contribution is 6.43. The number of carbonyl (C=O) groups excluding carboxylic acids is 3. The van der Waals surface area contributed by atoms with Crippen LogP contribution in [0.15, 0.2) is 48.5 Å². The Balaban J connectivity index is 2.02. The fourth-order valence-corrected chi connectivity index (χ4v) is 2.53. The molecular formula is C21H24N2O4. The minimum atomic E-state index is -0.780. The van der Waals surface area contributed by atoms with Crippen molar-refractivity contribution in [2.45, 2.75) is 33.1 Å². The van der Waals surface area contributed by atoms with Crippen LogP contribution in [0.3, 0.4) is 0 Å². The van der Waals surface area contributed by atoms with E-state index >= 15 is 0 Å². The molecule has 6 nitrogen and oxygen atoms in total. The van der Waals surface area contributed by atoms with Gasteiger partial charge in [-0.2, -0.15) is 0 Å². The van der Waals surface area contributed by atoms with Crippen molar-refractivity contribution in [3.8, 4) is 0 Å². The highest BCUT2D eigenvalue weighted by atomic mass is 16.5. The molecule has 0 bridgehead atoms. The largest absolute Gasteiger partial charge is 0.462 e. The van der Waals surface area contributed by atoms with Crippen molar-refractivity contribution < 1.29 is 19.1 Å². The first kappa shape index (κ1) is 20.2. The number of nitrogens with one attached hydrogen (secondary N) is 2. The summed E-state index contributed by atoms with van der Waals surface area (Å²) in [6, 6.07) is 13.6. The third-order valence-corrected chi connectivity index (χ3v) is 4.21. The first-order chi connectivity index (χ1) is 13.0. The van der Waals surface area contributed by atoms with Gasteiger partial charge in [0.15, 0.2) is 0 Å². The molecule has 0 aliphatic heterocycles. The Kier molecular flexibility index (Phi) is 7.11. The molecule has 2 rings (SSSR count). The van der Waals surface area contributed by atoms with Crippen LogP contribution in [0.1, 0.15) is 49.0 Å². The summed E-state index contributed by atoms with van der Waals surface area (Å²) in [6.45, 7) is 6.15. The maximum absolute atomic E-state index is 12.2. The minimum absolute atomic E-state index is 0.264. The van der Waals surface area contributed by atoms with Gasteiger partial charge in [-0.1, -0.05) is 32.0 Å². The number of hydrogen-bond acceptors (Lipinski definition) is 4. The standard InChI is InChI=1S/C21H24N2O4/c1-4-14(3)17-8-6-7-9-18(17)23-20(25)19(24)22-16-12-10-15(11-13-16)21(26)27-5-2/h6-14H,4-5H2,1-3H3,(H,22,24)(H,23,25). The Hall–Kier alpha value is -3.15. The number of carbonyl (C=O) groups is 3. The molecule has 27 heavy (non-hydrogen) atoms. The van der Waals surface area contributed by atoms with Crippen molar-refractivity contribution in [2.24, 2.45) is 0 Å². The molecule has 0 radical (unpaired) electrons. The molecule has 0 aliphatic rings. The normalized spacial score (nSPS) is 11.4. The zero-order chi connectivity index (χ0) is 19.8. The second-order valence-corrected chi connectivity index (χ2v) is 6.10. The first-order valence-corrected chi connectivity index (χ1v) is 8.94. The van der Waals surface area contributed by atoms with Gasteiger partial charge in [-0.3, -0.25) is 9.59 Å². The molecule has 0 fully saturated rings. The van der Waals surface area contributed by atoms with Crippen molar-refractivity contribution in [3.05, 3.63) is 59.7 Å². The van der Waals surface area contributed by atoms with Gasteiger partial charge < -0.3 is 15.4 Å². The predicted octanol–water partition coefficient (Wildman–Crippen LogP) is 3.95. The molecule has 2 aromatic rings. The Morgan fingerprint density at radius 3 is 2.19 bits per heavy atom. The lowest BCUT2D eigenvalue weighted by molar-refractivity contribution is -0.133. The summed E-state index contributed by atoms with van der Waals surface area (Å²) >= 11 is 0. The van der Waals surface area contributed by atoms with Crippen molar-refractivity contribution >= 4 is 29.2 Å². The van der Waals surface area contributed by atoms with Gasteiger partial charge in [0, 0.05) is 11.4 Å². The molecule has 0 aromatic heterocycles. The quantitative estimate of drug-likeness (QED) is 0.597. The van der Waals surface area contributed by atoms with Crippen LogP contribution in [0.4, 0.5) is 11.4 Å². The Labute approximate surface area is 158 Å².